The molecule has 0 bridgehead atoms. The fraction of sp³-hybridized carbons (Fsp3) is 0.250. The fourth-order valence-corrected chi connectivity index (χ4v) is 4.14. The van der Waals surface area contributed by atoms with Crippen molar-refractivity contribution in [3.63, 3.8) is 0 Å². The van der Waals surface area contributed by atoms with Gasteiger partial charge in [-0.2, -0.15) is 0 Å². The van der Waals surface area contributed by atoms with E-state index in [1.807, 2.05) is 24.3 Å². The predicted octanol–water partition coefficient (Wildman–Crippen LogP) is 5.50. The highest BCUT2D eigenvalue weighted by Crippen LogP contribution is 2.40. The SMILES string of the molecule is CCCCc1cc2ccc(C(=O)OC)c3c(C(=O)OC)cc4cccc1c4c23. The van der Waals surface area contributed by atoms with Gasteiger partial charge < -0.3 is 9.47 Å². The molecular weight excluding hydrogens is 352 g/mol. The number of carbonyl (C=O) groups is 2. The van der Waals surface area contributed by atoms with Crippen LogP contribution in [0, 0.1) is 0 Å². The molecule has 4 nitrogen and oxygen atoms in total. The predicted molar refractivity (Wildman–Crippen MR) is 111 cm³/mol. The summed E-state index contributed by atoms with van der Waals surface area (Å²) in [6.45, 7) is 2.18. The molecule has 0 amide bonds. The average molecular weight is 374 g/mol. The highest BCUT2D eigenvalue weighted by Gasteiger charge is 2.23. The van der Waals surface area contributed by atoms with Crippen LogP contribution >= 0.6 is 0 Å². The minimum Gasteiger partial charge on any atom is -0.465 e. The highest BCUT2D eigenvalue weighted by atomic mass is 16.5. The summed E-state index contributed by atoms with van der Waals surface area (Å²) >= 11 is 0. The van der Waals surface area contributed by atoms with Gasteiger partial charge in [-0.1, -0.05) is 43.7 Å². The zero-order chi connectivity index (χ0) is 19.8. The van der Waals surface area contributed by atoms with Gasteiger partial charge in [-0.25, -0.2) is 9.59 Å². The molecule has 28 heavy (non-hydrogen) atoms. The van der Waals surface area contributed by atoms with E-state index in [0.29, 0.717) is 16.5 Å². The van der Waals surface area contributed by atoms with Crippen LogP contribution in [0.3, 0.4) is 0 Å². The van der Waals surface area contributed by atoms with Gasteiger partial charge in [-0.05, 0) is 57.5 Å². The molecule has 0 aliphatic heterocycles. The summed E-state index contributed by atoms with van der Waals surface area (Å²) < 4.78 is 10.00. The Balaban J connectivity index is 2.22. The third kappa shape index (κ3) is 2.68. The molecular formula is C24H22O4. The van der Waals surface area contributed by atoms with Crippen molar-refractivity contribution in [1.29, 1.82) is 0 Å². The number of hydrogen-bond donors (Lipinski definition) is 0. The first kappa shape index (κ1) is 18.2. The topological polar surface area (TPSA) is 52.6 Å². The second kappa shape index (κ2) is 7.12. The molecule has 0 atom stereocenters. The largest absolute Gasteiger partial charge is 0.465 e. The van der Waals surface area contributed by atoms with E-state index in [0.717, 1.165) is 40.8 Å². The molecule has 0 fully saturated rings. The third-order valence-corrected chi connectivity index (χ3v) is 5.44. The maximum absolute atomic E-state index is 12.6. The molecule has 4 aromatic carbocycles. The fourth-order valence-electron chi connectivity index (χ4n) is 4.14. The van der Waals surface area contributed by atoms with E-state index in [1.54, 1.807) is 6.07 Å². The molecule has 0 radical (unpaired) electrons. The number of aryl methyl sites for hydroxylation is 1. The van der Waals surface area contributed by atoms with Gasteiger partial charge in [0.05, 0.1) is 25.3 Å². The van der Waals surface area contributed by atoms with Gasteiger partial charge in [0.2, 0.25) is 0 Å². The Morgan fingerprint density at radius 1 is 0.821 bits per heavy atom. The average Bonchev–Trinajstić information content (AvgIpc) is 2.74. The van der Waals surface area contributed by atoms with Crippen molar-refractivity contribution < 1.29 is 19.1 Å². The van der Waals surface area contributed by atoms with E-state index in [-0.39, 0.29) is 0 Å². The van der Waals surface area contributed by atoms with Gasteiger partial charge in [0.1, 0.15) is 0 Å². The van der Waals surface area contributed by atoms with E-state index in [9.17, 15) is 9.59 Å². The van der Waals surface area contributed by atoms with E-state index < -0.39 is 11.9 Å². The van der Waals surface area contributed by atoms with E-state index in [4.69, 9.17) is 9.47 Å². The number of methoxy groups -OCH3 is 2. The van der Waals surface area contributed by atoms with Crippen molar-refractivity contribution in [3.8, 4) is 0 Å². The number of esters is 2. The zero-order valence-corrected chi connectivity index (χ0v) is 16.3. The maximum atomic E-state index is 12.6. The van der Waals surface area contributed by atoms with Crippen LogP contribution in [-0.4, -0.2) is 26.2 Å². The second-order valence-electron chi connectivity index (χ2n) is 7.04. The van der Waals surface area contributed by atoms with Crippen molar-refractivity contribution in [2.75, 3.05) is 14.2 Å². The molecule has 0 N–H and O–H groups in total. The molecule has 0 heterocycles. The summed E-state index contributed by atoms with van der Waals surface area (Å²) in [6, 6.07) is 13.8. The first-order chi connectivity index (χ1) is 13.6. The zero-order valence-electron chi connectivity index (χ0n) is 16.3. The summed E-state index contributed by atoms with van der Waals surface area (Å²) in [5.74, 6) is -0.926. The smallest absolute Gasteiger partial charge is 0.338 e. The Labute approximate surface area is 163 Å². The highest BCUT2D eigenvalue weighted by molar-refractivity contribution is 6.30. The van der Waals surface area contributed by atoms with Crippen LogP contribution in [0.5, 0.6) is 0 Å². The summed E-state index contributed by atoms with van der Waals surface area (Å²) in [5.41, 5.74) is 2.05. The Kier molecular flexibility index (Phi) is 4.63. The lowest BCUT2D eigenvalue weighted by Crippen LogP contribution is -2.09. The van der Waals surface area contributed by atoms with Crippen molar-refractivity contribution in [3.05, 3.63) is 59.2 Å². The number of hydrogen-bond acceptors (Lipinski definition) is 4. The second-order valence-corrected chi connectivity index (χ2v) is 7.04. The molecule has 0 aromatic heterocycles. The van der Waals surface area contributed by atoms with Crippen LogP contribution in [0.25, 0.3) is 32.3 Å². The van der Waals surface area contributed by atoms with Crippen LogP contribution in [-0.2, 0) is 15.9 Å². The number of unbranched alkanes of at least 4 members (excludes halogenated alkanes) is 1. The monoisotopic (exact) mass is 374 g/mol. The molecule has 4 heteroatoms. The van der Waals surface area contributed by atoms with Gasteiger partial charge in [0.15, 0.2) is 0 Å². The van der Waals surface area contributed by atoms with Crippen molar-refractivity contribution in [2.45, 2.75) is 26.2 Å². The van der Waals surface area contributed by atoms with Gasteiger partial charge in [-0.15, -0.1) is 0 Å². The Bertz CT molecular complexity index is 1210. The standard InChI is InChI=1S/C24H22O4/c1-4-5-7-14-12-16-10-11-18(23(25)27-2)22-19(24(26)28-3)13-15-8-6-9-17(14)20(15)21(16)22/h6,8-13H,4-5,7H2,1-3H3. The summed E-state index contributed by atoms with van der Waals surface area (Å²) in [7, 11) is 2.70. The number of ether oxygens (including phenoxy) is 2. The Morgan fingerprint density at radius 2 is 1.54 bits per heavy atom. The maximum Gasteiger partial charge on any atom is 0.338 e. The first-order valence-corrected chi connectivity index (χ1v) is 9.50. The van der Waals surface area contributed by atoms with Crippen LogP contribution in [0.2, 0.25) is 0 Å². The minimum absolute atomic E-state index is 0.378. The van der Waals surface area contributed by atoms with Crippen LogP contribution in [0.1, 0.15) is 46.0 Å². The van der Waals surface area contributed by atoms with Gasteiger partial charge >= 0.3 is 11.9 Å². The number of benzene rings is 4. The third-order valence-electron chi connectivity index (χ3n) is 5.44. The van der Waals surface area contributed by atoms with Gasteiger partial charge in [-0.3, -0.25) is 0 Å². The number of rotatable bonds is 5. The summed E-state index contributed by atoms with van der Waals surface area (Å²) in [6.07, 6.45) is 3.23. The summed E-state index contributed by atoms with van der Waals surface area (Å²) in [5, 5.41) is 5.75. The first-order valence-electron chi connectivity index (χ1n) is 9.50. The Morgan fingerprint density at radius 3 is 2.25 bits per heavy atom. The molecule has 4 rings (SSSR count). The van der Waals surface area contributed by atoms with E-state index in [2.05, 4.69) is 19.1 Å². The number of carbonyl (C=O) groups excluding carboxylic acids is 2. The van der Waals surface area contributed by atoms with Crippen LogP contribution in [0.15, 0.2) is 42.5 Å². The van der Waals surface area contributed by atoms with Crippen molar-refractivity contribution >= 4 is 44.3 Å². The van der Waals surface area contributed by atoms with Crippen molar-refractivity contribution in [2.24, 2.45) is 0 Å². The lowest BCUT2D eigenvalue weighted by molar-refractivity contribution is 0.0601. The van der Waals surface area contributed by atoms with Gasteiger partial charge in [0, 0.05) is 5.39 Å². The Hall–Kier alpha value is -3.14. The van der Waals surface area contributed by atoms with E-state index >= 15 is 0 Å². The lowest BCUT2D eigenvalue weighted by Gasteiger charge is -2.18. The molecule has 142 valence electrons. The molecule has 4 aromatic rings. The molecule has 0 aliphatic carbocycles. The van der Waals surface area contributed by atoms with Crippen LogP contribution in [0.4, 0.5) is 0 Å². The van der Waals surface area contributed by atoms with Crippen LogP contribution < -0.4 is 0 Å². The molecule has 0 saturated heterocycles. The quantitative estimate of drug-likeness (QED) is 0.342. The molecule has 0 saturated carbocycles. The molecule has 0 aliphatic rings. The normalized spacial score (nSPS) is 11.4. The molecule has 0 unspecified atom stereocenters. The van der Waals surface area contributed by atoms with E-state index in [1.165, 1.54) is 25.2 Å². The molecule has 0 spiro atoms. The lowest BCUT2D eigenvalue weighted by atomic mass is 9.86. The van der Waals surface area contributed by atoms with Crippen molar-refractivity contribution in [1.82, 2.24) is 0 Å². The minimum atomic E-state index is -0.464. The summed E-state index contributed by atoms with van der Waals surface area (Å²) in [4.78, 5) is 25.0. The van der Waals surface area contributed by atoms with Gasteiger partial charge in [0.25, 0.3) is 0 Å².